The maximum atomic E-state index is 5.97. The molecule has 0 bridgehead atoms. The zero-order chi connectivity index (χ0) is 16.9. The van der Waals surface area contributed by atoms with Gasteiger partial charge in [0.15, 0.2) is 0 Å². The van der Waals surface area contributed by atoms with Crippen LogP contribution in [0.25, 0.3) is 0 Å². The van der Waals surface area contributed by atoms with Gasteiger partial charge in [0.2, 0.25) is 5.96 Å². The normalized spacial score (nSPS) is 16.3. The molecule has 6 heteroatoms. The van der Waals surface area contributed by atoms with Crippen LogP contribution in [0.3, 0.4) is 0 Å². The predicted molar refractivity (Wildman–Crippen MR) is 103 cm³/mol. The Hall–Kier alpha value is -1.75. The van der Waals surface area contributed by atoms with Gasteiger partial charge in [0.25, 0.3) is 0 Å². The largest absolute Gasteiger partial charge is 0.340 e. The van der Waals surface area contributed by atoms with Crippen LogP contribution in [0, 0.1) is 0 Å². The Bertz CT molecular complexity index is 690. The summed E-state index contributed by atoms with van der Waals surface area (Å²) in [4.78, 5) is 9.37. The molecule has 0 unspecified atom stereocenters. The molecule has 1 heterocycles. The Morgan fingerprint density at radius 2 is 1.42 bits per heavy atom. The lowest BCUT2D eigenvalue weighted by molar-refractivity contribution is 0.215. The van der Waals surface area contributed by atoms with Gasteiger partial charge in [-0.1, -0.05) is 23.2 Å². The molecule has 1 saturated heterocycles. The van der Waals surface area contributed by atoms with Gasteiger partial charge in [0, 0.05) is 41.9 Å². The van der Waals surface area contributed by atoms with Crippen LogP contribution in [-0.2, 0) is 0 Å². The van der Waals surface area contributed by atoms with E-state index in [9.17, 15) is 0 Å². The van der Waals surface area contributed by atoms with Crippen LogP contribution < -0.4 is 5.32 Å². The van der Waals surface area contributed by atoms with Crippen molar-refractivity contribution in [3.8, 4) is 0 Å². The lowest BCUT2D eigenvalue weighted by Gasteiger charge is -2.34. The lowest BCUT2D eigenvalue weighted by Crippen LogP contribution is -2.49. The molecule has 0 amide bonds. The molecule has 2 aromatic rings. The number of benzene rings is 2. The van der Waals surface area contributed by atoms with Gasteiger partial charge in [0.05, 0.1) is 5.69 Å². The Balaban J connectivity index is 1.85. The molecule has 0 atom stereocenters. The van der Waals surface area contributed by atoms with Crippen molar-refractivity contribution in [2.24, 2.45) is 4.99 Å². The first-order valence-corrected chi connectivity index (χ1v) is 8.66. The van der Waals surface area contributed by atoms with Gasteiger partial charge >= 0.3 is 0 Å². The Kier molecular flexibility index (Phi) is 5.61. The van der Waals surface area contributed by atoms with E-state index in [1.807, 2.05) is 48.5 Å². The number of piperazine rings is 1. The highest BCUT2D eigenvalue weighted by Crippen LogP contribution is 2.19. The van der Waals surface area contributed by atoms with Crippen molar-refractivity contribution in [3.05, 3.63) is 58.6 Å². The smallest absolute Gasteiger partial charge is 0.203 e. The van der Waals surface area contributed by atoms with E-state index in [2.05, 4.69) is 22.2 Å². The zero-order valence-electron chi connectivity index (χ0n) is 13.5. The molecule has 3 rings (SSSR count). The first-order chi connectivity index (χ1) is 11.6. The molecular formula is C18H20Cl2N4. The van der Waals surface area contributed by atoms with Crippen molar-refractivity contribution in [3.63, 3.8) is 0 Å². The molecule has 1 fully saturated rings. The minimum atomic E-state index is 0.709. The van der Waals surface area contributed by atoms with Gasteiger partial charge in [-0.25, -0.2) is 4.99 Å². The van der Waals surface area contributed by atoms with E-state index >= 15 is 0 Å². The van der Waals surface area contributed by atoms with E-state index < -0.39 is 0 Å². The second-order valence-electron chi connectivity index (χ2n) is 5.83. The molecule has 1 aliphatic heterocycles. The fourth-order valence-corrected chi connectivity index (χ4v) is 2.75. The number of hydrogen-bond acceptors (Lipinski definition) is 2. The third kappa shape index (κ3) is 4.63. The second-order valence-corrected chi connectivity index (χ2v) is 6.71. The second kappa shape index (κ2) is 7.88. The van der Waals surface area contributed by atoms with E-state index in [1.165, 1.54) is 0 Å². The van der Waals surface area contributed by atoms with Crippen molar-refractivity contribution < 1.29 is 0 Å². The number of halogens is 2. The van der Waals surface area contributed by atoms with Crippen molar-refractivity contribution in [2.75, 3.05) is 38.5 Å². The maximum Gasteiger partial charge on any atom is 0.203 e. The maximum absolute atomic E-state index is 5.97. The minimum absolute atomic E-state index is 0.709. The first-order valence-electron chi connectivity index (χ1n) is 7.90. The van der Waals surface area contributed by atoms with Crippen LogP contribution in [0.4, 0.5) is 11.4 Å². The monoisotopic (exact) mass is 362 g/mol. The third-order valence-corrected chi connectivity index (χ3v) is 4.47. The number of nitrogens with zero attached hydrogens (tertiary/aromatic N) is 3. The Morgan fingerprint density at radius 1 is 0.875 bits per heavy atom. The Morgan fingerprint density at radius 3 is 2.00 bits per heavy atom. The molecule has 24 heavy (non-hydrogen) atoms. The first kappa shape index (κ1) is 17.1. The topological polar surface area (TPSA) is 30.9 Å². The van der Waals surface area contributed by atoms with Gasteiger partial charge in [-0.2, -0.15) is 0 Å². The predicted octanol–water partition coefficient (Wildman–Crippen LogP) is 4.34. The minimum Gasteiger partial charge on any atom is -0.340 e. The summed E-state index contributed by atoms with van der Waals surface area (Å²) >= 11 is 11.9. The van der Waals surface area contributed by atoms with Gasteiger partial charge < -0.3 is 15.1 Å². The highest BCUT2D eigenvalue weighted by atomic mass is 35.5. The molecule has 1 N–H and O–H groups in total. The SMILES string of the molecule is CN1CCN(C(=Nc2ccc(Cl)cc2)Nc2ccc(Cl)cc2)CC1. The molecule has 0 spiro atoms. The van der Waals surface area contributed by atoms with E-state index in [0.29, 0.717) is 5.02 Å². The molecule has 1 aliphatic rings. The van der Waals surface area contributed by atoms with Crippen LogP contribution in [0.1, 0.15) is 0 Å². The molecular weight excluding hydrogens is 343 g/mol. The highest BCUT2D eigenvalue weighted by molar-refractivity contribution is 6.30. The molecule has 0 aliphatic carbocycles. The summed E-state index contributed by atoms with van der Waals surface area (Å²) in [6.07, 6.45) is 0. The van der Waals surface area contributed by atoms with Gasteiger partial charge in [0.1, 0.15) is 0 Å². The van der Waals surface area contributed by atoms with E-state index in [-0.39, 0.29) is 0 Å². The fourth-order valence-electron chi connectivity index (χ4n) is 2.50. The number of anilines is 1. The number of aliphatic imine (C=N–C) groups is 1. The van der Waals surface area contributed by atoms with Crippen LogP contribution in [0.15, 0.2) is 53.5 Å². The molecule has 2 aromatic carbocycles. The summed E-state index contributed by atoms with van der Waals surface area (Å²) in [6.45, 7) is 3.90. The number of nitrogens with one attached hydrogen (secondary N) is 1. The standard InChI is InChI=1S/C18H20Cl2N4/c1-23-10-12-24(13-11-23)18(21-16-6-2-14(19)3-7-16)22-17-8-4-15(20)5-9-17/h2-9H,10-13H2,1H3,(H,21,22). The number of hydrogen-bond donors (Lipinski definition) is 1. The number of likely N-dealkylation sites (N-methyl/N-ethyl adjacent to an activating group) is 1. The average Bonchev–Trinajstić information content (AvgIpc) is 2.59. The van der Waals surface area contributed by atoms with Crippen molar-refractivity contribution in [2.45, 2.75) is 0 Å². The van der Waals surface area contributed by atoms with Gasteiger partial charge in [-0.05, 0) is 55.6 Å². The van der Waals surface area contributed by atoms with Crippen molar-refractivity contribution >= 4 is 40.5 Å². The molecule has 4 nitrogen and oxygen atoms in total. The molecule has 0 aromatic heterocycles. The fraction of sp³-hybridized carbons (Fsp3) is 0.278. The summed E-state index contributed by atoms with van der Waals surface area (Å²) in [5.74, 6) is 0.841. The summed E-state index contributed by atoms with van der Waals surface area (Å²) in [5.41, 5.74) is 1.83. The zero-order valence-corrected chi connectivity index (χ0v) is 15.1. The lowest BCUT2D eigenvalue weighted by atomic mass is 10.3. The molecule has 0 saturated carbocycles. The summed E-state index contributed by atoms with van der Waals surface area (Å²) in [6, 6.07) is 15.2. The average molecular weight is 363 g/mol. The van der Waals surface area contributed by atoms with Gasteiger partial charge in [-0.15, -0.1) is 0 Å². The number of guanidine groups is 1. The van der Waals surface area contributed by atoms with Crippen molar-refractivity contribution in [1.82, 2.24) is 9.80 Å². The summed E-state index contributed by atoms with van der Waals surface area (Å²) < 4.78 is 0. The molecule has 0 radical (unpaired) electrons. The summed E-state index contributed by atoms with van der Waals surface area (Å²) in [5, 5.41) is 4.85. The number of rotatable bonds is 2. The molecule has 126 valence electrons. The quantitative estimate of drug-likeness (QED) is 0.636. The van der Waals surface area contributed by atoms with Crippen LogP contribution in [-0.4, -0.2) is 49.0 Å². The van der Waals surface area contributed by atoms with Crippen LogP contribution in [0.5, 0.6) is 0 Å². The van der Waals surface area contributed by atoms with Crippen molar-refractivity contribution in [1.29, 1.82) is 0 Å². The van der Waals surface area contributed by atoms with Gasteiger partial charge in [-0.3, -0.25) is 0 Å². The highest BCUT2D eigenvalue weighted by Gasteiger charge is 2.18. The van der Waals surface area contributed by atoms with Crippen LogP contribution >= 0.6 is 23.2 Å². The van der Waals surface area contributed by atoms with Crippen LogP contribution in [0.2, 0.25) is 10.0 Å². The van der Waals surface area contributed by atoms with E-state index in [1.54, 1.807) is 0 Å². The van der Waals surface area contributed by atoms with E-state index in [4.69, 9.17) is 28.2 Å². The third-order valence-electron chi connectivity index (χ3n) is 3.96. The summed E-state index contributed by atoms with van der Waals surface area (Å²) in [7, 11) is 2.14. The van der Waals surface area contributed by atoms with E-state index in [0.717, 1.165) is 48.5 Å². The Labute approximate surface area is 152 Å².